The van der Waals surface area contributed by atoms with E-state index in [1.165, 1.54) is 17.5 Å². The van der Waals surface area contributed by atoms with Crippen LogP contribution in [0.25, 0.3) is 10.8 Å². The van der Waals surface area contributed by atoms with Crippen LogP contribution in [0.4, 0.5) is 5.69 Å². The van der Waals surface area contributed by atoms with Gasteiger partial charge in [-0.3, -0.25) is 15.1 Å². The molecule has 0 heterocycles. The molecule has 4 nitrogen and oxygen atoms in total. The lowest BCUT2D eigenvalue weighted by atomic mass is 10.1. The molecule has 24 heavy (non-hydrogen) atoms. The monoisotopic (exact) mass is 314 g/mol. The average Bonchev–Trinajstić information content (AvgIpc) is 2.62. The van der Waals surface area contributed by atoms with Gasteiger partial charge in [0.15, 0.2) is 0 Å². The number of nitrogens with zero attached hydrogens (tertiary/aromatic N) is 2. The van der Waals surface area contributed by atoms with Crippen molar-refractivity contribution in [2.45, 2.75) is 0 Å². The van der Waals surface area contributed by atoms with Crippen molar-refractivity contribution in [1.29, 1.82) is 0 Å². The Labute approximate surface area is 139 Å². The van der Waals surface area contributed by atoms with Gasteiger partial charge in [0.25, 0.3) is 5.69 Å². The molecule has 0 N–H and O–H groups in total. The first-order chi connectivity index (χ1) is 11.7. The second-order valence-electron chi connectivity index (χ2n) is 5.15. The van der Waals surface area contributed by atoms with E-state index in [1.54, 1.807) is 18.3 Å². The van der Waals surface area contributed by atoms with Crippen LogP contribution in [0, 0.1) is 22.0 Å². The van der Waals surface area contributed by atoms with E-state index in [0.717, 1.165) is 16.5 Å². The highest BCUT2D eigenvalue weighted by Gasteiger charge is 2.02. The minimum Gasteiger partial charge on any atom is -0.280 e. The largest absolute Gasteiger partial charge is 0.280 e. The molecule has 0 saturated carbocycles. The molecule has 0 fully saturated rings. The SMILES string of the molecule is O=[N+]([O-])c1ccc(C=NCC#Cc2cccc3ccccc23)cc1. The molecule has 3 rings (SSSR count). The average molecular weight is 314 g/mol. The van der Waals surface area contributed by atoms with Crippen molar-refractivity contribution in [2.75, 3.05) is 6.54 Å². The zero-order valence-electron chi connectivity index (χ0n) is 12.8. The molecule has 0 saturated heterocycles. The summed E-state index contributed by atoms with van der Waals surface area (Å²) < 4.78 is 0. The third-order valence-corrected chi connectivity index (χ3v) is 3.53. The number of nitro groups is 1. The second kappa shape index (κ2) is 7.21. The summed E-state index contributed by atoms with van der Waals surface area (Å²) in [4.78, 5) is 14.4. The van der Waals surface area contributed by atoms with Crippen LogP contribution in [0.2, 0.25) is 0 Å². The molecule has 116 valence electrons. The number of nitro benzene ring substituents is 1. The molecule has 0 aliphatic heterocycles. The first-order valence-corrected chi connectivity index (χ1v) is 7.45. The van der Waals surface area contributed by atoms with E-state index in [1.807, 2.05) is 24.3 Å². The number of rotatable bonds is 3. The maximum atomic E-state index is 10.6. The zero-order chi connectivity index (χ0) is 16.8. The highest BCUT2D eigenvalue weighted by molar-refractivity contribution is 5.88. The second-order valence-corrected chi connectivity index (χ2v) is 5.15. The lowest BCUT2D eigenvalue weighted by molar-refractivity contribution is -0.384. The fourth-order valence-corrected chi connectivity index (χ4v) is 2.35. The van der Waals surface area contributed by atoms with Crippen molar-refractivity contribution < 1.29 is 4.92 Å². The van der Waals surface area contributed by atoms with E-state index in [2.05, 4.69) is 35.0 Å². The Morgan fingerprint density at radius 2 is 1.75 bits per heavy atom. The molecule has 3 aromatic carbocycles. The van der Waals surface area contributed by atoms with Gasteiger partial charge in [-0.25, -0.2) is 0 Å². The highest BCUT2D eigenvalue weighted by atomic mass is 16.6. The number of benzene rings is 3. The summed E-state index contributed by atoms with van der Waals surface area (Å²) in [5, 5.41) is 12.9. The molecular weight excluding hydrogens is 300 g/mol. The molecule has 0 aliphatic carbocycles. The summed E-state index contributed by atoms with van der Waals surface area (Å²) in [5.41, 5.74) is 1.87. The summed E-state index contributed by atoms with van der Waals surface area (Å²) in [6, 6.07) is 20.4. The van der Waals surface area contributed by atoms with E-state index < -0.39 is 4.92 Å². The minimum atomic E-state index is -0.420. The van der Waals surface area contributed by atoms with Crippen LogP contribution in [0.1, 0.15) is 11.1 Å². The van der Waals surface area contributed by atoms with Gasteiger partial charge in [0.1, 0.15) is 6.54 Å². The van der Waals surface area contributed by atoms with Crippen molar-refractivity contribution in [3.8, 4) is 11.8 Å². The Hall–Kier alpha value is -3.45. The molecule has 0 unspecified atom stereocenters. The van der Waals surface area contributed by atoms with Gasteiger partial charge in [-0.05, 0) is 34.5 Å². The lowest BCUT2D eigenvalue weighted by Gasteiger charge is -1.99. The van der Waals surface area contributed by atoms with Crippen LogP contribution in [0.5, 0.6) is 0 Å². The third-order valence-electron chi connectivity index (χ3n) is 3.53. The summed E-state index contributed by atoms with van der Waals surface area (Å²) >= 11 is 0. The molecule has 0 bridgehead atoms. The molecule has 4 heteroatoms. The van der Waals surface area contributed by atoms with Crippen LogP contribution < -0.4 is 0 Å². The topological polar surface area (TPSA) is 55.5 Å². The quantitative estimate of drug-likeness (QED) is 0.314. The van der Waals surface area contributed by atoms with Gasteiger partial charge in [-0.15, -0.1) is 0 Å². The standard InChI is InChI=1S/C20H14N2O2/c23-22(24)19-12-10-16(11-13-19)15-21-14-4-8-18-7-3-6-17-5-1-2-9-20(17)18/h1-3,5-7,9-13,15H,14H2. The first-order valence-electron chi connectivity index (χ1n) is 7.45. The molecular formula is C20H14N2O2. The fourth-order valence-electron chi connectivity index (χ4n) is 2.35. The molecule has 0 aliphatic rings. The predicted molar refractivity (Wildman–Crippen MR) is 96.4 cm³/mol. The third kappa shape index (κ3) is 3.65. The van der Waals surface area contributed by atoms with Crippen LogP contribution in [0.3, 0.4) is 0 Å². The Morgan fingerprint density at radius 1 is 1.00 bits per heavy atom. The first kappa shape index (κ1) is 15.4. The van der Waals surface area contributed by atoms with Gasteiger partial charge in [0.05, 0.1) is 4.92 Å². The Kier molecular flexibility index (Phi) is 4.64. The molecule has 0 aromatic heterocycles. The van der Waals surface area contributed by atoms with Gasteiger partial charge in [0, 0.05) is 23.9 Å². The number of non-ortho nitro benzene ring substituents is 1. The highest BCUT2D eigenvalue weighted by Crippen LogP contribution is 2.17. The molecule has 3 aromatic rings. The molecule has 0 amide bonds. The Morgan fingerprint density at radius 3 is 2.54 bits per heavy atom. The smallest absolute Gasteiger partial charge is 0.269 e. The van der Waals surface area contributed by atoms with E-state index in [9.17, 15) is 10.1 Å². The van der Waals surface area contributed by atoms with Crippen molar-refractivity contribution >= 4 is 22.7 Å². The zero-order valence-corrected chi connectivity index (χ0v) is 12.8. The van der Waals surface area contributed by atoms with Gasteiger partial charge >= 0.3 is 0 Å². The van der Waals surface area contributed by atoms with Crippen molar-refractivity contribution in [2.24, 2.45) is 4.99 Å². The van der Waals surface area contributed by atoms with Crippen molar-refractivity contribution in [3.05, 3.63) is 88.0 Å². The maximum absolute atomic E-state index is 10.6. The van der Waals surface area contributed by atoms with Crippen LogP contribution in [-0.2, 0) is 0 Å². The normalized spacial score (nSPS) is 10.5. The van der Waals surface area contributed by atoms with E-state index in [-0.39, 0.29) is 5.69 Å². The van der Waals surface area contributed by atoms with Crippen LogP contribution in [0.15, 0.2) is 71.7 Å². The lowest BCUT2D eigenvalue weighted by Crippen LogP contribution is -1.88. The van der Waals surface area contributed by atoms with E-state index in [0.29, 0.717) is 6.54 Å². The summed E-state index contributed by atoms with van der Waals surface area (Å²) in [6.45, 7) is 0.375. The Balaban J connectivity index is 1.68. The number of hydrogen-bond donors (Lipinski definition) is 0. The number of hydrogen-bond acceptors (Lipinski definition) is 3. The van der Waals surface area contributed by atoms with Crippen molar-refractivity contribution in [1.82, 2.24) is 0 Å². The number of fused-ring (bicyclic) bond motifs is 1. The maximum Gasteiger partial charge on any atom is 0.269 e. The molecule has 0 radical (unpaired) electrons. The van der Waals surface area contributed by atoms with Gasteiger partial charge in [0.2, 0.25) is 0 Å². The van der Waals surface area contributed by atoms with Crippen molar-refractivity contribution in [3.63, 3.8) is 0 Å². The fraction of sp³-hybridized carbons (Fsp3) is 0.0500. The van der Waals surface area contributed by atoms with E-state index >= 15 is 0 Å². The van der Waals surface area contributed by atoms with Crippen LogP contribution in [-0.4, -0.2) is 17.7 Å². The van der Waals surface area contributed by atoms with Gasteiger partial charge < -0.3 is 0 Å². The molecule has 0 atom stereocenters. The predicted octanol–water partition coefficient (Wildman–Crippen LogP) is 4.22. The Bertz CT molecular complexity index is 959. The summed E-state index contributed by atoms with van der Waals surface area (Å²) in [6.07, 6.45) is 1.67. The minimum absolute atomic E-state index is 0.0721. The van der Waals surface area contributed by atoms with Gasteiger partial charge in [-0.2, -0.15) is 0 Å². The van der Waals surface area contributed by atoms with Gasteiger partial charge in [-0.1, -0.05) is 48.2 Å². The summed E-state index contributed by atoms with van der Waals surface area (Å²) in [7, 11) is 0. The van der Waals surface area contributed by atoms with E-state index in [4.69, 9.17) is 0 Å². The summed E-state index contributed by atoms with van der Waals surface area (Å²) in [5.74, 6) is 6.18. The number of aliphatic imine (C=N–C) groups is 1. The molecule has 0 spiro atoms. The van der Waals surface area contributed by atoms with Crippen LogP contribution >= 0.6 is 0 Å².